The van der Waals surface area contributed by atoms with Gasteiger partial charge < -0.3 is 5.32 Å². The Morgan fingerprint density at radius 1 is 1.11 bits per heavy atom. The Labute approximate surface area is 172 Å². The molecule has 0 atom stereocenters. The molecular formula is C21H19ClN2O3S. The molecule has 144 valence electrons. The van der Waals surface area contributed by atoms with E-state index in [0.29, 0.717) is 38.2 Å². The lowest BCUT2D eigenvalue weighted by atomic mass is 10.1. The van der Waals surface area contributed by atoms with Crippen LogP contribution >= 0.6 is 23.4 Å². The van der Waals surface area contributed by atoms with Gasteiger partial charge in [0, 0.05) is 17.6 Å². The van der Waals surface area contributed by atoms with Crippen LogP contribution in [-0.2, 0) is 14.4 Å². The first-order valence-corrected chi connectivity index (χ1v) is 10.1. The minimum Gasteiger partial charge on any atom is -0.326 e. The van der Waals surface area contributed by atoms with E-state index >= 15 is 0 Å². The van der Waals surface area contributed by atoms with Crippen LogP contribution in [0.1, 0.15) is 25.0 Å². The molecule has 3 rings (SSSR count). The number of amides is 3. The van der Waals surface area contributed by atoms with Gasteiger partial charge in [0.05, 0.1) is 16.2 Å². The number of rotatable bonds is 5. The fraction of sp³-hybridized carbons (Fsp3) is 0.190. The fourth-order valence-corrected chi connectivity index (χ4v) is 4.13. The summed E-state index contributed by atoms with van der Waals surface area (Å²) in [6.45, 7) is 5.18. The smallest absolute Gasteiger partial charge is 0.272 e. The number of imide groups is 1. The number of benzene rings is 2. The first kappa shape index (κ1) is 20.2. The number of carbonyl (C=O) groups is 3. The van der Waals surface area contributed by atoms with Gasteiger partial charge in [-0.3, -0.25) is 14.4 Å². The van der Waals surface area contributed by atoms with Crippen molar-refractivity contribution in [2.45, 2.75) is 20.8 Å². The molecule has 3 amide bonds. The molecule has 1 N–H and O–H groups in total. The maximum atomic E-state index is 13.2. The lowest BCUT2D eigenvalue weighted by Crippen LogP contribution is -2.31. The summed E-state index contributed by atoms with van der Waals surface area (Å²) >= 11 is 7.37. The number of carbonyl (C=O) groups excluding carboxylic acids is 3. The van der Waals surface area contributed by atoms with Crippen LogP contribution in [0.4, 0.5) is 11.4 Å². The number of halogens is 1. The highest BCUT2D eigenvalue weighted by molar-refractivity contribution is 8.04. The van der Waals surface area contributed by atoms with Gasteiger partial charge >= 0.3 is 0 Å². The van der Waals surface area contributed by atoms with Crippen LogP contribution in [0.5, 0.6) is 0 Å². The Morgan fingerprint density at radius 3 is 2.36 bits per heavy atom. The van der Waals surface area contributed by atoms with E-state index < -0.39 is 0 Å². The van der Waals surface area contributed by atoms with Gasteiger partial charge in [-0.25, -0.2) is 4.90 Å². The average Bonchev–Trinajstić information content (AvgIpc) is 2.87. The molecule has 28 heavy (non-hydrogen) atoms. The summed E-state index contributed by atoms with van der Waals surface area (Å²) in [6, 6.07) is 12.0. The van der Waals surface area contributed by atoms with Crippen molar-refractivity contribution in [3.63, 3.8) is 0 Å². The highest BCUT2D eigenvalue weighted by atomic mass is 35.5. The first-order valence-electron chi connectivity index (χ1n) is 8.73. The highest BCUT2D eigenvalue weighted by Gasteiger charge is 2.40. The molecule has 1 aliphatic heterocycles. The van der Waals surface area contributed by atoms with E-state index in [-0.39, 0.29) is 17.7 Å². The molecule has 0 radical (unpaired) electrons. The lowest BCUT2D eigenvalue weighted by molar-refractivity contribution is -0.120. The van der Waals surface area contributed by atoms with Crippen LogP contribution in [0.3, 0.4) is 0 Å². The molecule has 0 bridgehead atoms. The van der Waals surface area contributed by atoms with Crippen molar-refractivity contribution in [2.24, 2.45) is 0 Å². The van der Waals surface area contributed by atoms with Gasteiger partial charge in [-0.2, -0.15) is 0 Å². The molecule has 0 fully saturated rings. The van der Waals surface area contributed by atoms with Gasteiger partial charge in [-0.1, -0.05) is 30.7 Å². The standard InChI is InChI=1S/C21H19ClN2O3S/c1-4-28-19-18(14-5-8-16(9-6-14)23-13(3)25)20(26)24(21(19)27)17-10-7-15(22)11-12(17)2/h5-11H,4H2,1-3H3,(H,23,25). The molecule has 0 aromatic heterocycles. The zero-order chi connectivity index (χ0) is 20.4. The maximum absolute atomic E-state index is 13.2. The molecule has 1 aliphatic rings. The van der Waals surface area contributed by atoms with Gasteiger partial charge in [0.15, 0.2) is 0 Å². The molecule has 0 saturated carbocycles. The third kappa shape index (κ3) is 3.84. The minimum atomic E-state index is -0.362. The molecule has 0 spiro atoms. The average molecular weight is 415 g/mol. The molecule has 2 aromatic rings. The fourth-order valence-electron chi connectivity index (χ4n) is 3.05. The van der Waals surface area contributed by atoms with Crippen LogP contribution in [0.2, 0.25) is 5.02 Å². The predicted molar refractivity (Wildman–Crippen MR) is 114 cm³/mol. The van der Waals surface area contributed by atoms with Crippen molar-refractivity contribution in [3.8, 4) is 0 Å². The van der Waals surface area contributed by atoms with Crippen molar-refractivity contribution >= 4 is 58.0 Å². The molecule has 1 heterocycles. The third-order valence-electron chi connectivity index (χ3n) is 4.22. The van der Waals surface area contributed by atoms with Crippen molar-refractivity contribution in [1.82, 2.24) is 0 Å². The highest BCUT2D eigenvalue weighted by Crippen LogP contribution is 2.39. The van der Waals surface area contributed by atoms with Crippen LogP contribution < -0.4 is 10.2 Å². The second kappa shape index (κ2) is 8.20. The summed E-state index contributed by atoms with van der Waals surface area (Å²) in [5.41, 5.74) is 2.91. The van der Waals surface area contributed by atoms with E-state index in [1.54, 1.807) is 42.5 Å². The van der Waals surface area contributed by atoms with E-state index in [4.69, 9.17) is 11.6 Å². The molecule has 2 aromatic carbocycles. The summed E-state index contributed by atoms with van der Waals surface area (Å²) in [5, 5.41) is 3.24. The van der Waals surface area contributed by atoms with E-state index in [0.717, 1.165) is 5.56 Å². The summed E-state index contributed by atoms with van der Waals surface area (Å²) in [6.07, 6.45) is 0. The number of aryl methyl sites for hydroxylation is 1. The molecule has 7 heteroatoms. The van der Waals surface area contributed by atoms with Gasteiger partial charge in [0.1, 0.15) is 0 Å². The van der Waals surface area contributed by atoms with Crippen LogP contribution in [0.15, 0.2) is 47.4 Å². The van der Waals surface area contributed by atoms with Gasteiger partial charge in [-0.05, 0) is 54.1 Å². The topological polar surface area (TPSA) is 66.5 Å². The normalized spacial score (nSPS) is 14.1. The van der Waals surface area contributed by atoms with Gasteiger partial charge in [0.25, 0.3) is 11.8 Å². The monoisotopic (exact) mass is 414 g/mol. The Kier molecular flexibility index (Phi) is 5.91. The largest absolute Gasteiger partial charge is 0.326 e. The van der Waals surface area contributed by atoms with Crippen molar-refractivity contribution < 1.29 is 14.4 Å². The van der Waals surface area contributed by atoms with Crippen LogP contribution in [-0.4, -0.2) is 23.5 Å². The van der Waals surface area contributed by atoms with E-state index in [2.05, 4.69) is 5.32 Å². The maximum Gasteiger partial charge on any atom is 0.272 e. The van der Waals surface area contributed by atoms with Gasteiger partial charge in [-0.15, -0.1) is 11.8 Å². The molecule has 0 unspecified atom stereocenters. The SMILES string of the molecule is CCSC1=C(c2ccc(NC(C)=O)cc2)C(=O)N(c2ccc(Cl)cc2C)C1=O. The number of nitrogens with zero attached hydrogens (tertiary/aromatic N) is 1. The van der Waals surface area contributed by atoms with E-state index in [1.807, 2.05) is 13.8 Å². The van der Waals surface area contributed by atoms with Crippen molar-refractivity contribution in [1.29, 1.82) is 0 Å². The first-order chi connectivity index (χ1) is 13.3. The molecule has 5 nitrogen and oxygen atoms in total. The summed E-state index contributed by atoms with van der Waals surface area (Å²) in [5.74, 6) is -0.206. The number of nitrogens with one attached hydrogen (secondary N) is 1. The second-order valence-corrected chi connectivity index (χ2v) is 7.98. The third-order valence-corrected chi connectivity index (χ3v) is 5.41. The summed E-state index contributed by atoms with van der Waals surface area (Å²) in [7, 11) is 0. The molecule has 0 aliphatic carbocycles. The minimum absolute atomic E-state index is 0.175. The second-order valence-electron chi connectivity index (χ2n) is 6.27. The van der Waals surface area contributed by atoms with Gasteiger partial charge in [0.2, 0.25) is 5.91 Å². The number of hydrogen-bond acceptors (Lipinski definition) is 4. The zero-order valence-electron chi connectivity index (χ0n) is 15.7. The predicted octanol–water partition coefficient (Wildman–Crippen LogP) is 4.64. The van der Waals surface area contributed by atoms with Crippen LogP contribution in [0.25, 0.3) is 5.57 Å². The van der Waals surface area contributed by atoms with Crippen molar-refractivity contribution in [3.05, 3.63) is 63.5 Å². The Morgan fingerprint density at radius 2 is 1.79 bits per heavy atom. The quantitative estimate of drug-likeness (QED) is 0.723. The summed E-state index contributed by atoms with van der Waals surface area (Å²) < 4.78 is 0. The molecule has 0 saturated heterocycles. The Balaban J connectivity index is 2.04. The number of thioether (sulfide) groups is 1. The van der Waals surface area contributed by atoms with Crippen LogP contribution in [0, 0.1) is 6.92 Å². The van der Waals surface area contributed by atoms with E-state index in [9.17, 15) is 14.4 Å². The summed E-state index contributed by atoms with van der Waals surface area (Å²) in [4.78, 5) is 39.1. The Bertz CT molecular complexity index is 999. The number of anilines is 2. The van der Waals surface area contributed by atoms with Crippen molar-refractivity contribution in [2.75, 3.05) is 16.0 Å². The molecular weight excluding hydrogens is 396 g/mol. The Hall–Kier alpha value is -2.57. The lowest BCUT2D eigenvalue weighted by Gasteiger charge is -2.18. The van der Waals surface area contributed by atoms with E-state index in [1.165, 1.54) is 23.6 Å². The number of hydrogen-bond donors (Lipinski definition) is 1. The zero-order valence-corrected chi connectivity index (χ0v) is 17.3.